The van der Waals surface area contributed by atoms with Gasteiger partial charge in [-0.15, -0.1) is 0 Å². The van der Waals surface area contributed by atoms with Gasteiger partial charge in [0.2, 0.25) is 0 Å². The molecule has 3 nitrogen and oxygen atoms in total. The summed E-state index contributed by atoms with van der Waals surface area (Å²) >= 11 is 0. The maximum absolute atomic E-state index is 13.9. The molecule has 2 aromatic rings. The normalized spacial score (nSPS) is 16.5. The van der Waals surface area contributed by atoms with Crippen LogP contribution in [0, 0.1) is 5.82 Å². The number of nitrogens with one attached hydrogen (secondary N) is 1. The van der Waals surface area contributed by atoms with Crippen LogP contribution in [0.3, 0.4) is 0 Å². The van der Waals surface area contributed by atoms with Crippen molar-refractivity contribution < 1.29 is 4.39 Å². The molecular formula is C17H18FN3. The molecule has 3 rings (SSSR count). The van der Waals surface area contributed by atoms with E-state index < -0.39 is 0 Å². The Hall–Kier alpha value is -2.36. The van der Waals surface area contributed by atoms with Gasteiger partial charge in [0, 0.05) is 11.1 Å². The van der Waals surface area contributed by atoms with E-state index in [9.17, 15) is 4.39 Å². The molecule has 0 atom stereocenters. The lowest BCUT2D eigenvalue weighted by molar-refractivity contribution is 0.573. The van der Waals surface area contributed by atoms with E-state index in [1.54, 1.807) is 6.07 Å². The Kier molecular flexibility index (Phi) is 3.60. The van der Waals surface area contributed by atoms with Crippen LogP contribution in [-0.2, 0) is 5.41 Å². The molecule has 21 heavy (non-hydrogen) atoms. The Labute approximate surface area is 123 Å². The van der Waals surface area contributed by atoms with E-state index in [-0.39, 0.29) is 11.2 Å². The summed E-state index contributed by atoms with van der Waals surface area (Å²) in [5.74, 6) is 0.212. The highest BCUT2D eigenvalue weighted by atomic mass is 19.1. The highest BCUT2D eigenvalue weighted by Crippen LogP contribution is 2.49. The Morgan fingerprint density at radius 2 is 1.76 bits per heavy atom. The van der Waals surface area contributed by atoms with Crippen molar-refractivity contribution >= 4 is 11.6 Å². The Bertz CT molecular complexity index is 648. The zero-order valence-electron chi connectivity index (χ0n) is 11.7. The van der Waals surface area contributed by atoms with Crippen molar-refractivity contribution in [1.29, 1.82) is 0 Å². The summed E-state index contributed by atoms with van der Waals surface area (Å²) in [7, 11) is 0. The van der Waals surface area contributed by atoms with Gasteiger partial charge in [-0.3, -0.25) is 4.99 Å². The standard InChI is InChI=1S/C17H18FN3/c18-15-9-5-4-8-14(15)17(10-11-17)12-20-16(19)21-13-6-2-1-3-7-13/h1-9H,10-12H2,(H3,19,20,21). The molecule has 1 aliphatic carbocycles. The number of nitrogens with two attached hydrogens (primary N) is 1. The molecule has 4 heteroatoms. The summed E-state index contributed by atoms with van der Waals surface area (Å²) < 4.78 is 13.9. The molecule has 3 N–H and O–H groups in total. The lowest BCUT2D eigenvalue weighted by Crippen LogP contribution is -2.25. The summed E-state index contributed by atoms with van der Waals surface area (Å²) in [6.45, 7) is 0.513. The molecule has 0 aromatic heterocycles. The second-order valence-electron chi connectivity index (χ2n) is 5.45. The molecule has 108 valence electrons. The van der Waals surface area contributed by atoms with Crippen LogP contribution in [0.2, 0.25) is 0 Å². The van der Waals surface area contributed by atoms with Gasteiger partial charge in [0.05, 0.1) is 6.54 Å². The molecule has 0 bridgehead atoms. The van der Waals surface area contributed by atoms with Crippen LogP contribution in [0.5, 0.6) is 0 Å². The average molecular weight is 283 g/mol. The second kappa shape index (κ2) is 5.56. The maximum Gasteiger partial charge on any atom is 0.193 e. The minimum Gasteiger partial charge on any atom is -0.370 e. The fraction of sp³-hybridized carbons (Fsp3) is 0.235. The van der Waals surface area contributed by atoms with E-state index in [0.29, 0.717) is 12.5 Å². The fourth-order valence-electron chi connectivity index (χ4n) is 2.50. The van der Waals surface area contributed by atoms with Crippen LogP contribution in [0.15, 0.2) is 59.6 Å². The van der Waals surface area contributed by atoms with Gasteiger partial charge < -0.3 is 11.1 Å². The monoisotopic (exact) mass is 283 g/mol. The molecule has 1 fully saturated rings. The first-order valence-electron chi connectivity index (χ1n) is 7.07. The number of nitrogens with zero attached hydrogens (tertiary/aromatic N) is 1. The molecule has 0 spiro atoms. The van der Waals surface area contributed by atoms with Crippen LogP contribution < -0.4 is 11.1 Å². The van der Waals surface area contributed by atoms with Gasteiger partial charge in [0.25, 0.3) is 0 Å². The summed E-state index contributed by atoms with van der Waals surface area (Å²) in [5, 5.41) is 3.04. The number of guanidine groups is 1. The number of halogens is 1. The van der Waals surface area contributed by atoms with Crippen LogP contribution >= 0.6 is 0 Å². The molecule has 0 aliphatic heterocycles. The van der Waals surface area contributed by atoms with Crippen LogP contribution in [-0.4, -0.2) is 12.5 Å². The molecule has 0 saturated heterocycles. The van der Waals surface area contributed by atoms with Crippen LogP contribution in [0.1, 0.15) is 18.4 Å². The largest absolute Gasteiger partial charge is 0.370 e. The zero-order valence-corrected chi connectivity index (χ0v) is 11.7. The smallest absolute Gasteiger partial charge is 0.193 e. The Morgan fingerprint density at radius 3 is 2.43 bits per heavy atom. The van der Waals surface area contributed by atoms with Gasteiger partial charge >= 0.3 is 0 Å². The van der Waals surface area contributed by atoms with Gasteiger partial charge in [0.15, 0.2) is 5.96 Å². The van der Waals surface area contributed by atoms with E-state index in [2.05, 4.69) is 10.3 Å². The third-order valence-electron chi connectivity index (χ3n) is 3.90. The predicted molar refractivity (Wildman–Crippen MR) is 83.9 cm³/mol. The number of hydrogen-bond donors (Lipinski definition) is 2. The van der Waals surface area contributed by atoms with E-state index in [1.807, 2.05) is 42.5 Å². The van der Waals surface area contributed by atoms with E-state index in [4.69, 9.17) is 5.73 Å². The highest BCUT2D eigenvalue weighted by molar-refractivity contribution is 5.92. The van der Waals surface area contributed by atoms with E-state index >= 15 is 0 Å². The quantitative estimate of drug-likeness (QED) is 0.668. The zero-order chi connectivity index (χ0) is 14.7. The number of para-hydroxylation sites is 1. The van der Waals surface area contributed by atoms with Gasteiger partial charge in [0.1, 0.15) is 5.82 Å². The van der Waals surface area contributed by atoms with Crippen molar-refractivity contribution in [2.24, 2.45) is 10.7 Å². The minimum absolute atomic E-state index is 0.153. The summed E-state index contributed by atoms with van der Waals surface area (Å²) in [6.07, 6.45) is 1.91. The summed E-state index contributed by atoms with van der Waals surface area (Å²) in [5.41, 5.74) is 7.38. The van der Waals surface area contributed by atoms with Crippen LogP contribution in [0.25, 0.3) is 0 Å². The topological polar surface area (TPSA) is 50.4 Å². The minimum atomic E-state index is -0.172. The molecule has 1 saturated carbocycles. The van der Waals surface area contributed by atoms with Crippen molar-refractivity contribution in [1.82, 2.24) is 0 Å². The predicted octanol–water partition coefficient (Wildman–Crippen LogP) is 3.28. The van der Waals surface area contributed by atoms with Crippen molar-refractivity contribution in [3.63, 3.8) is 0 Å². The fourth-order valence-corrected chi connectivity index (χ4v) is 2.50. The molecular weight excluding hydrogens is 265 g/mol. The maximum atomic E-state index is 13.9. The SMILES string of the molecule is NC(=NCC1(c2ccccc2F)CC1)Nc1ccccc1. The average Bonchev–Trinajstić information content (AvgIpc) is 3.28. The number of hydrogen-bond acceptors (Lipinski definition) is 1. The van der Waals surface area contributed by atoms with E-state index in [1.165, 1.54) is 6.07 Å². The molecule has 0 amide bonds. The number of rotatable bonds is 4. The first-order valence-corrected chi connectivity index (χ1v) is 7.07. The number of anilines is 1. The van der Waals surface area contributed by atoms with Crippen molar-refractivity contribution in [2.45, 2.75) is 18.3 Å². The number of benzene rings is 2. The number of aliphatic imine (C=N–C) groups is 1. The van der Waals surface area contributed by atoms with Gasteiger partial charge in [-0.25, -0.2) is 4.39 Å². The van der Waals surface area contributed by atoms with Crippen molar-refractivity contribution in [3.8, 4) is 0 Å². The lowest BCUT2D eigenvalue weighted by Gasteiger charge is -2.14. The molecule has 1 aliphatic rings. The van der Waals surface area contributed by atoms with Crippen molar-refractivity contribution in [2.75, 3.05) is 11.9 Å². The van der Waals surface area contributed by atoms with Gasteiger partial charge in [-0.1, -0.05) is 36.4 Å². The summed E-state index contributed by atoms with van der Waals surface area (Å²) in [4.78, 5) is 4.39. The first-order chi connectivity index (χ1) is 10.2. The molecule has 0 radical (unpaired) electrons. The Balaban J connectivity index is 1.69. The molecule has 0 heterocycles. The van der Waals surface area contributed by atoms with Crippen LogP contribution in [0.4, 0.5) is 10.1 Å². The third-order valence-corrected chi connectivity index (χ3v) is 3.90. The Morgan fingerprint density at radius 1 is 1.10 bits per heavy atom. The third kappa shape index (κ3) is 3.05. The first kappa shape index (κ1) is 13.6. The second-order valence-corrected chi connectivity index (χ2v) is 5.45. The van der Waals surface area contributed by atoms with Crippen molar-refractivity contribution in [3.05, 3.63) is 66.0 Å². The van der Waals surface area contributed by atoms with Gasteiger partial charge in [-0.05, 0) is 36.6 Å². The highest BCUT2D eigenvalue weighted by Gasteiger charge is 2.45. The molecule has 2 aromatic carbocycles. The summed E-state index contributed by atoms with van der Waals surface area (Å²) in [6, 6.07) is 16.6. The lowest BCUT2D eigenvalue weighted by atomic mass is 9.95. The van der Waals surface area contributed by atoms with E-state index in [0.717, 1.165) is 24.1 Å². The van der Waals surface area contributed by atoms with Gasteiger partial charge in [-0.2, -0.15) is 0 Å². The molecule has 0 unspecified atom stereocenters.